The zero-order chi connectivity index (χ0) is 13.3. The van der Waals surface area contributed by atoms with Crippen molar-refractivity contribution < 1.29 is 18.7 Å². The van der Waals surface area contributed by atoms with E-state index in [1.165, 1.54) is 0 Å². The second kappa shape index (κ2) is 4.74. The van der Waals surface area contributed by atoms with Crippen LogP contribution in [-0.4, -0.2) is 23.2 Å². The molecule has 0 saturated heterocycles. The number of aliphatic hydroxyl groups is 1. The Kier molecular flexibility index (Phi) is 3.45. The molecule has 1 aliphatic rings. The van der Waals surface area contributed by atoms with Crippen LogP contribution in [0.5, 0.6) is 0 Å². The van der Waals surface area contributed by atoms with Crippen LogP contribution in [0.25, 0.3) is 5.57 Å². The quantitative estimate of drug-likeness (QED) is 0.852. The topological polar surface area (TPSA) is 37.3 Å². The predicted octanol–water partition coefficient (Wildman–Crippen LogP) is 2.93. The zero-order valence-corrected chi connectivity index (χ0v) is 10.7. The summed E-state index contributed by atoms with van der Waals surface area (Å²) in [7, 11) is 0. The lowest BCUT2D eigenvalue weighted by Crippen LogP contribution is -2.40. The Morgan fingerprint density at radius 1 is 1.33 bits per heavy atom. The van der Waals surface area contributed by atoms with Crippen LogP contribution >= 0.6 is 15.9 Å². The molecule has 2 nitrogen and oxygen atoms in total. The van der Waals surface area contributed by atoms with E-state index in [1.807, 2.05) is 0 Å². The highest BCUT2D eigenvalue weighted by molar-refractivity contribution is 9.12. The van der Waals surface area contributed by atoms with E-state index < -0.39 is 17.6 Å². The van der Waals surface area contributed by atoms with Gasteiger partial charge in [-0.3, -0.25) is 4.79 Å². The van der Waals surface area contributed by atoms with Gasteiger partial charge in [0.15, 0.2) is 12.4 Å². The molecule has 0 radical (unpaired) electrons. The van der Waals surface area contributed by atoms with Gasteiger partial charge in [0.05, 0.1) is 0 Å². The SMILES string of the molecule is O=CC1(F)C=C(Br)C(c2ccccc2)=C(F)C1O. The molecule has 0 aliphatic heterocycles. The molecular formula is C13H9BrF2O2. The lowest BCUT2D eigenvalue weighted by molar-refractivity contribution is -0.120. The molecule has 2 atom stereocenters. The molecule has 1 N–H and O–H groups in total. The Morgan fingerprint density at radius 3 is 2.50 bits per heavy atom. The molecule has 0 saturated carbocycles. The summed E-state index contributed by atoms with van der Waals surface area (Å²) < 4.78 is 28.0. The maximum Gasteiger partial charge on any atom is 0.217 e. The van der Waals surface area contributed by atoms with Crippen molar-refractivity contribution in [2.75, 3.05) is 0 Å². The molecule has 0 bridgehead atoms. The number of allylic oxidation sites excluding steroid dienone is 2. The summed E-state index contributed by atoms with van der Waals surface area (Å²) in [4.78, 5) is 10.6. The summed E-state index contributed by atoms with van der Waals surface area (Å²) in [5.41, 5.74) is -2.19. The first-order chi connectivity index (χ1) is 8.49. The van der Waals surface area contributed by atoms with Crippen molar-refractivity contribution in [1.82, 2.24) is 0 Å². The average molecular weight is 315 g/mol. The van der Waals surface area contributed by atoms with Crippen molar-refractivity contribution in [3.63, 3.8) is 0 Å². The molecule has 5 heteroatoms. The Balaban J connectivity index is 2.57. The molecule has 0 spiro atoms. The zero-order valence-electron chi connectivity index (χ0n) is 9.11. The minimum atomic E-state index is -2.73. The standard InChI is InChI=1S/C13H9BrF2O2/c14-9-6-13(16,7-17)12(18)11(15)10(9)8-4-2-1-3-5-8/h1-7,12,18H. The Bertz CT molecular complexity index is 539. The third kappa shape index (κ3) is 2.04. The number of carbonyl (C=O) groups excluding carboxylic acids is 1. The van der Waals surface area contributed by atoms with Crippen LogP contribution in [0.15, 0.2) is 46.7 Å². The lowest BCUT2D eigenvalue weighted by Gasteiger charge is -2.27. The van der Waals surface area contributed by atoms with Gasteiger partial charge >= 0.3 is 0 Å². The second-order valence-electron chi connectivity index (χ2n) is 3.93. The number of carbonyl (C=O) groups is 1. The highest BCUT2D eigenvalue weighted by Crippen LogP contribution is 2.41. The van der Waals surface area contributed by atoms with Gasteiger partial charge in [0.2, 0.25) is 5.67 Å². The molecule has 94 valence electrons. The van der Waals surface area contributed by atoms with Gasteiger partial charge in [0.1, 0.15) is 5.83 Å². The van der Waals surface area contributed by atoms with Crippen LogP contribution in [0.4, 0.5) is 8.78 Å². The largest absolute Gasteiger partial charge is 0.382 e. The molecule has 1 aromatic carbocycles. The number of aliphatic hydroxyl groups excluding tert-OH is 1. The van der Waals surface area contributed by atoms with Gasteiger partial charge in [-0.05, 0) is 11.6 Å². The van der Waals surface area contributed by atoms with E-state index in [0.717, 1.165) is 6.08 Å². The molecule has 0 aromatic heterocycles. The first-order valence-electron chi connectivity index (χ1n) is 5.16. The van der Waals surface area contributed by atoms with E-state index in [0.29, 0.717) is 5.56 Å². The summed E-state index contributed by atoms with van der Waals surface area (Å²) in [6.07, 6.45) is -1.36. The first kappa shape index (κ1) is 13.1. The van der Waals surface area contributed by atoms with Crippen LogP contribution in [0.1, 0.15) is 5.56 Å². The highest BCUT2D eigenvalue weighted by atomic mass is 79.9. The van der Waals surface area contributed by atoms with Gasteiger partial charge in [-0.15, -0.1) is 0 Å². The molecule has 0 amide bonds. The maximum absolute atomic E-state index is 14.0. The molecule has 2 unspecified atom stereocenters. The van der Waals surface area contributed by atoms with E-state index in [2.05, 4.69) is 15.9 Å². The Morgan fingerprint density at radius 2 is 1.94 bits per heavy atom. The Hall–Kier alpha value is -1.33. The van der Waals surface area contributed by atoms with Crippen molar-refractivity contribution in [2.24, 2.45) is 0 Å². The van der Waals surface area contributed by atoms with E-state index in [-0.39, 0.29) is 16.3 Å². The number of benzene rings is 1. The number of hydrogen-bond donors (Lipinski definition) is 1. The van der Waals surface area contributed by atoms with Crippen molar-refractivity contribution in [1.29, 1.82) is 0 Å². The maximum atomic E-state index is 14.0. The minimum absolute atomic E-state index is 0.0539. The molecule has 0 fully saturated rings. The van der Waals surface area contributed by atoms with Crippen LogP contribution in [-0.2, 0) is 4.79 Å². The summed E-state index contributed by atoms with van der Waals surface area (Å²) >= 11 is 3.03. The Labute approximate surface area is 111 Å². The molecule has 1 aromatic rings. The summed E-state index contributed by atoms with van der Waals surface area (Å²) in [5, 5.41) is 9.54. The second-order valence-corrected chi connectivity index (χ2v) is 4.78. The van der Waals surface area contributed by atoms with Gasteiger partial charge in [0.25, 0.3) is 0 Å². The molecule has 18 heavy (non-hydrogen) atoms. The van der Waals surface area contributed by atoms with Crippen molar-refractivity contribution in [2.45, 2.75) is 11.8 Å². The number of rotatable bonds is 2. The number of aldehydes is 1. The highest BCUT2D eigenvalue weighted by Gasteiger charge is 2.44. The van der Waals surface area contributed by atoms with Gasteiger partial charge in [-0.2, -0.15) is 0 Å². The lowest BCUT2D eigenvalue weighted by atomic mass is 9.88. The summed E-state index contributed by atoms with van der Waals surface area (Å²) in [6.45, 7) is 0. The van der Waals surface area contributed by atoms with Gasteiger partial charge < -0.3 is 5.11 Å². The van der Waals surface area contributed by atoms with Crippen molar-refractivity contribution in [3.8, 4) is 0 Å². The minimum Gasteiger partial charge on any atom is -0.382 e. The fourth-order valence-electron chi connectivity index (χ4n) is 1.77. The monoisotopic (exact) mass is 314 g/mol. The van der Waals surface area contributed by atoms with Crippen LogP contribution in [0.2, 0.25) is 0 Å². The molecule has 2 rings (SSSR count). The predicted molar refractivity (Wildman–Crippen MR) is 67.4 cm³/mol. The van der Waals surface area contributed by atoms with Gasteiger partial charge in [-0.1, -0.05) is 46.3 Å². The fourth-order valence-corrected chi connectivity index (χ4v) is 2.54. The van der Waals surface area contributed by atoms with E-state index in [4.69, 9.17) is 0 Å². The normalized spacial score (nSPS) is 28.0. The number of alkyl halides is 1. The third-order valence-corrected chi connectivity index (χ3v) is 3.35. The number of hydrogen-bond acceptors (Lipinski definition) is 2. The van der Waals surface area contributed by atoms with Crippen LogP contribution < -0.4 is 0 Å². The first-order valence-corrected chi connectivity index (χ1v) is 5.96. The van der Waals surface area contributed by atoms with E-state index in [9.17, 15) is 18.7 Å². The van der Waals surface area contributed by atoms with E-state index >= 15 is 0 Å². The average Bonchev–Trinajstić information content (AvgIpc) is 2.37. The van der Waals surface area contributed by atoms with E-state index in [1.54, 1.807) is 30.3 Å². The van der Waals surface area contributed by atoms with Crippen LogP contribution in [0.3, 0.4) is 0 Å². The summed E-state index contributed by atoms with van der Waals surface area (Å²) in [5.74, 6) is -1.06. The summed E-state index contributed by atoms with van der Waals surface area (Å²) in [6, 6.07) is 8.40. The smallest absolute Gasteiger partial charge is 0.217 e. The third-order valence-electron chi connectivity index (χ3n) is 2.73. The van der Waals surface area contributed by atoms with Crippen molar-refractivity contribution >= 4 is 27.8 Å². The van der Waals surface area contributed by atoms with Crippen LogP contribution in [0, 0.1) is 0 Å². The van der Waals surface area contributed by atoms with Gasteiger partial charge in [0, 0.05) is 10.1 Å². The molecule has 0 heterocycles. The van der Waals surface area contributed by atoms with Crippen molar-refractivity contribution in [3.05, 3.63) is 52.3 Å². The number of halogens is 3. The molecule has 1 aliphatic carbocycles. The molecular weight excluding hydrogens is 306 g/mol. The van der Waals surface area contributed by atoms with Gasteiger partial charge in [-0.25, -0.2) is 8.78 Å². The fraction of sp³-hybridized carbons (Fsp3) is 0.154.